The van der Waals surface area contributed by atoms with Crippen LogP contribution in [0.5, 0.6) is 0 Å². The SMILES string of the molecule is CCCCCCCCCCCCCCCC(=O)OC(=O)C[C@H](N)C(=O)OC(=O)CCCCCCCCCCCCCCC. The van der Waals surface area contributed by atoms with Crippen molar-refractivity contribution in [2.45, 2.75) is 206 Å². The highest BCUT2D eigenvalue weighted by atomic mass is 16.6. The van der Waals surface area contributed by atoms with Gasteiger partial charge in [0.25, 0.3) is 0 Å². The summed E-state index contributed by atoms with van der Waals surface area (Å²) in [4.78, 5) is 47.9. The van der Waals surface area contributed by atoms with Gasteiger partial charge in [-0.3, -0.25) is 14.4 Å². The van der Waals surface area contributed by atoms with Crippen LogP contribution >= 0.6 is 0 Å². The van der Waals surface area contributed by atoms with Crippen LogP contribution in [0.25, 0.3) is 0 Å². The van der Waals surface area contributed by atoms with Crippen LogP contribution in [-0.4, -0.2) is 29.9 Å². The van der Waals surface area contributed by atoms with Gasteiger partial charge in [-0.2, -0.15) is 0 Å². The Morgan fingerprint density at radius 2 is 0.698 bits per heavy atom. The summed E-state index contributed by atoms with van der Waals surface area (Å²) in [6.07, 6.45) is 31.2. The molecule has 0 aliphatic heterocycles. The molecule has 0 heterocycles. The van der Waals surface area contributed by atoms with Crippen LogP contribution in [0.2, 0.25) is 0 Å². The smallest absolute Gasteiger partial charge is 0.331 e. The molecule has 0 amide bonds. The summed E-state index contributed by atoms with van der Waals surface area (Å²) in [5.41, 5.74) is 5.70. The molecule has 0 aromatic rings. The fraction of sp³-hybridized carbons (Fsp3) is 0.889. The maximum Gasteiger partial charge on any atom is 0.331 e. The molecule has 0 aromatic heterocycles. The van der Waals surface area contributed by atoms with Gasteiger partial charge in [-0.25, -0.2) is 4.79 Å². The van der Waals surface area contributed by atoms with E-state index in [9.17, 15) is 19.2 Å². The third-order valence-corrected chi connectivity index (χ3v) is 8.10. The topological polar surface area (TPSA) is 113 Å². The number of hydrogen-bond donors (Lipinski definition) is 1. The molecule has 7 heteroatoms. The first-order valence-corrected chi connectivity index (χ1v) is 18.1. The molecule has 0 aliphatic rings. The van der Waals surface area contributed by atoms with Gasteiger partial charge in [0.1, 0.15) is 6.04 Å². The van der Waals surface area contributed by atoms with E-state index in [1.165, 1.54) is 122 Å². The molecule has 0 spiro atoms. The van der Waals surface area contributed by atoms with E-state index in [0.717, 1.165) is 32.1 Å². The zero-order valence-electron chi connectivity index (χ0n) is 28.1. The Labute approximate surface area is 264 Å². The van der Waals surface area contributed by atoms with E-state index >= 15 is 0 Å². The highest BCUT2D eigenvalue weighted by molar-refractivity contribution is 5.92. The normalized spacial score (nSPS) is 11.8. The van der Waals surface area contributed by atoms with Gasteiger partial charge in [0.05, 0.1) is 6.42 Å². The van der Waals surface area contributed by atoms with Crippen molar-refractivity contribution in [3.8, 4) is 0 Å². The lowest BCUT2D eigenvalue weighted by atomic mass is 10.0. The van der Waals surface area contributed by atoms with Crippen molar-refractivity contribution < 1.29 is 28.7 Å². The van der Waals surface area contributed by atoms with Gasteiger partial charge in [0, 0.05) is 12.8 Å². The molecular formula is C36H67NO6. The monoisotopic (exact) mass is 609 g/mol. The largest absolute Gasteiger partial charge is 0.393 e. The van der Waals surface area contributed by atoms with Crippen LogP contribution in [-0.2, 0) is 28.7 Å². The van der Waals surface area contributed by atoms with Crippen LogP contribution in [0.1, 0.15) is 200 Å². The summed E-state index contributed by atoms with van der Waals surface area (Å²) in [5.74, 6) is -3.06. The zero-order chi connectivity index (χ0) is 31.8. The van der Waals surface area contributed by atoms with Gasteiger partial charge in [0.2, 0.25) is 0 Å². The number of carbonyl (C=O) groups is 4. The van der Waals surface area contributed by atoms with Crippen LogP contribution in [0.3, 0.4) is 0 Å². The van der Waals surface area contributed by atoms with Gasteiger partial charge in [-0.15, -0.1) is 0 Å². The van der Waals surface area contributed by atoms with Gasteiger partial charge < -0.3 is 15.2 Å². The van der Waals surface area contributed by atoms with E-state index < -0.39 is 36.3 Å². The minimum Gasteiger partial charge on any atom is -0.393 e. The summed E-state index contributed by atoms with van der Waals surface area (Å²) in [7, 11) is 0. The first kappa shape index (κ1) is 41.2. The fourth-order valence-electron chi connectivity index (χ4n) is 5.30. The van der Waals surface area contributed by atoms with E-state index in [0.29, 0.717) is 12.8 Å². The second kappa shape index (κ2) is 31.7. The lowest BCUT2D eigenvalue weighted by Gasteiger charge is -2.10. The molecule has 0 rings (SSSR count). The number of hydrogen-bond acceptors (Lipinski definition) is 7. The van der Waals surface area contributed by atoms with Crippen LogP contribution in [0, 0.1) is 0 Å². The number of ether oxygens (including phenoxy) is 2. The second-order valence-corrected chi connectivity index (χ2v) is 12.4. The first-order chi connectivity index (χ1) is 20.9. The average molecular weight is 610 g/mol. The zero-order valence-corrected chi connectivity index (χ0v) is 28.1. The molecule has 1 atom stereocenters. The van der Waals surface area contributed by atoms with E-state index in [1.807, 2.05) is 0 Å². The summed E-state index contributed by atoms with van der Waals surface area (Å²) in [6.45, 7) is 4.48. The number of carbonyl (C=O) groups excluding carboxylic acids is 4. The number of nitrogens with two attached hydrogens (primary N) is 1. The lowest BCUT2D eigenvalue weighted by Crippen LogP contribution is -2.36. The second-order valence-electron chi connectivity index (χ2n) is 12.4. The number of rotatable bonds is 31. The van der Waals surface area contributed by atoms with Crippen LogP contribution in [0.4, 0.5) is 0 Å². The fourth-order valence-corrected chi connectivity index (χ4v) is 5.30. The Morgan fingerprint density at radius 1 is 0.419 bits per heavy atom. The van der Waals surface area contributed by atoms with E-state index in [1.54, 1.807) is 0 Å². The van der Waals surface area contributed by atoms with E-state index in [2.05, 4.69) is 13.8 Å². The van der Waals surface area contributed by atoms with Crippen LogP contribution in [0.15, 0.2) is 0 Å². The average Bonchev–Trinajstić information content (AvgIpc) is 2.97. The predicted octanol–water partition coefficient (Wildman–Crippen LogP) is 9.81. The summed E-state index contributed by atoms with van der Waals surface area (Å²) in [6, 6.07) is -1.33. The van der Waals surface area contributed by atoms with E-state index in [-0.39, 0.29) is 12.8 Å². The summed E-state index contributed by atoms with van der Waals surface area (Å²) < 4.78 is 9.57. The molecule has 0 radical (unpaired) electrons. The number of esters is 4. The molecule has 0 saturated carbocycles. The third kappa shape index (κ3) is 30.1. The van der Waals surface area contributed by atoms with Crippen molar-refractivity contribution in [3.63, 3.8) is 0 Å². The van der Waals surface area contributed by atoms with Crippen molar-refractivity contribution in [1.29, 1.82) is 0 Å². The van der Waals surface area contributed by atoms with Gasteiger partial charge in [-0.05, 0) is 12.8 Å². The first-order valence-electron chi connectivity index (χ1n) is 18.1. The third-order valence-electron chi connectivity index (χ3n) is 8.10. The molecule has 252 valence electrons. The molecule has 0 aromatic carbocycles. The number of unbranched alkanes of at least 4 members (excludes halogenated alkanes) is 24. The quantitative estimate of drug-likeness (QED) is 0.0473. The summed E-state index contributed by atoms with van der Waals surface area (Å²) in [5, 5.41) is 0. The lowest BCUT2D eigenvalue weighted by molar-refractivity contribution is -0.166. The molecule has 2 N–H and O–H groups in total. The van der Waals surface area contributed by atoms with Gasteiger partial charge in [0.15, 0.2) is 0 Å². The maximum atomic E-state index is 12.1. The van der Waals surface area contributed by atoms with E-state index in [4.69, 9.17) is 15.2 Å². The minimum absolute atomic E-state index is 0.151. The highest BCUT2D eigenvalue weighted by Gasteiger charge is 2.23. The molecular weight excluding hydrogens is 542 g/mol. The molecule has 0 fully saturated rings. The molecule has 7 nitrogen and oxygen atoms in total. The van der Waals surface area contributed by atoms with Gasteiger partial charge in [-0.1, -0.05) is 168 Å². The summed E-state index contributed by atoms with van der Waals surface area (Å²) >= 11 is 0. The Balaban J connectivity index is 3.66. The van der Waals surface area contributed by atoms with Crippen molar-refractivity contribution in [2.24, 2.45) is 5.73 Å². The molecule has 0 saturated heterocycles. The highest BCUT2D eigenvalue weighted by Crippen LogP contribution is 2.15. The molecule has 43 heavy (non-hydrogen) atoms. The molecule has 0 aliphatic carbocycles. The van der Waals surface area contributed by atoms with Crippen molar-refractivity contribution in [1.82, 2.24) is 0 Å². The standard InChI is InChI=1S/C36H67NO6/c1-3-5-7-9-11-13-15-17-19-21-23-25-27-29-33(38)42-35(40)31-32(37)36(41)43-34(39)30-28-26-24-22-20-18-16-14-12-10-8-6-4-2/h32H,3-31,37H2,1-2H3/t32-/m0/s1. The molecule has 0 unspecified atom stereocenters. The van der Waals surface area contributed by atoms with Crippen LogP contribution < -0.4 is 5.73 Å². The predicted molar refractivity (Wildman–Crippen MR) is 175 cm³/mol. The maximum absolute atomic E-state index is 12.1. The Kier molecular flexibility index (Phi) is 30.4. The Bertz CT molecular complexity index is 695. The van der Waals surface area contributed by atoms with Crippen molar-refractivity contribution in [2.75, 3.05) is 0 Å². The molecule has 0 bridgehead atoms. The van der Waals surface area contributed by atoms with Gasteiger partial charge >= 0.3 is 23.9 Å². The Morgan fingerprint density at radius 3 is 1.02 bits per heavy atom. The minimum atomic E-state index is -1.33. The van der Waals surface area contributed by atoms with Crippen molar-refractivity contribution >= 4 is 23.9 Å². The Hall–Kier alpha value is -1.76. The van der Waals surface area contributed by atoms with Crippen molar-refractivity contribution in [3.05, 3.63) is 0 Å².